The van der Waals surface area contributed by atoms with Crippen LogP contribution in [0.3, 0.4) is 0 Å². The van der Waals surface area contributed by atoms with E-state index >= 15 is 0 Å². The molecule has 0 saturated carbocycles. The van der Waals surface area contributed by atoms with Gasteiger partial charge in [-0.3, -0.25) is 0 Å². The lowest BCUT2D eigenvalue weighted by Crippen LogP contribution is -2.00. The highest BCUT2D eigenvalue weighted by molar-refractivity contribution is 6.20. The first-order valence-corrected chi connectivity index (χ1v) is 9.85. The summed E-state index contributed by atoms with van der Waals surface area (Å²) in [4.78, 5) is 22.5. The molecule has 0 aliphatic carbocycles. The van der Waals surface area contributed by atoms with E-state index in [2.05, 4.69) is 0 Å². The molecular weight excluding hydrogens is 436 g/mol. The Labute approximate surface area is 198 Å². The number of ether oxygens (including phenoxy) is 3. The first-order valence-electron chi connectivity index (χ1n) is 9.85. The molecule has 0 heterocycles. The maximum Gasteiger partial charge on any atom is 0.336 e. The topological polar surface area (TPSA) is 102 Å². The Morgan fingerprint density at radius 1 is 0.735 bits per heavy atom. The van der Waals surface area contributed by atoms with Crippen LogP contribution < -0.4 is 14.2 Å². The molecule has 7 heteroatoms. The number of carboxylic acid groups (broad SMARTS) is 2. The Bertz CT molecular complexity index is 1170. The van der Waals surface area contributed by atoms with E-state index in [1.807, 2.05) is 0 Å². The van der Waals surface area contributed by atoms with Gasteiger partial charge in [0.1, 0.15) is 23.0 Å². The van der Waals surface area contributed by atoms with Gasteiger partial charge in [0.15, 0.2) is 0 Å². The summed E-state index contributed by atoms with van der Waals surface area (Å²) >= 11 is 0. The summed E-state index contributed by atoms with van der Waals surface area (Å²) in [7, 11) is 3.05. The van der Waals surface area contributed by atoms with Crippen LogP contribution in [-0.4, -0.2) is 36.4 Å². The third-order valence-corrected chi connectivity index (χ3v) is 4.61. The lowest BCUT2D eigenvalue weighted by molar-refractivity contribution is -0.131. The molecule has 0 amide bonds. The summed E-state index contributed by atoms with van der Waals surface area (Å²) < 4.78 is 16.3. The highest BCUT2D eigenvalue weighted by Crippen LogP contribution is 2.28. The van der Waals surface area contributed by atoms with Crippen molar-refractivity contribution in [2.75, 3.05) is 14.2 Å². The molecule has 0 unspecified atom stereocenters. The predicted molar refractivity (Wildman–Crippen MR) is 131 cm³/mol. The van der Waals surface area contributed by atoms with Crippen molar-refractivity contribution in [3.63, 3.8) is 0 Å². The van der Waals surface area contributed by atoms with Gasteiger partial charge in [0.25, 0.3) is 0 Å². The molecule has 0 atom stereocenters. The highest BCUT2D eigenvalue weighted by Gasteiger charge is 2.12. The molecule has 176 valence electrons. The van der Waals surface area contributed by atoms with E-state index in [0.717, 1.165) is 11.6 Å². The second-order valence-corrected chi connectivity index (χ2v) is 6.88. The average molecular weight is 462 g/mol. The highest BCUT2D eigenvalue weighted by atomic mass is 16.5. The maximum atomic E-state index is 11.9. The third kappa shape index (κ3) is 7.00. The smallest absolute Gasteiger partial charge is 0.336 e. The average Bonchev–Trinajstić information content (AvgIpc) is 2.82. The van der Waals surface area contributed by atoms with E-state index in [-0.39, 0.29) is 13.0 Å². The number of carbonyl (C=O) groups is 2. The lowest BCUT2D eigenvalue weighted by atomic mass is 10.0. The Kier molecular flexibility index (Phi) is 9.02. The van der Waals surface area contributed by atoms with Gasteiger partial charge in [-0.15, -0.1) is 0 Å². The van der Waals surface area contributed by atoms with E-state index in [0.29, 0.717) is 34.1 Å². The fourth-order valence-electron chi connectivity index (χ4n) is 3.00. The van der Waals surface area contributed by atoms with Crippen molar-refractivity contribution in [2.24, 2.45) is 0 Å². The Morgan fingerprint density at radius 2 is 1.26 bits per heavy atom. The Balaban J connectivity index is 0.00000408. The molecule has 3 aromatic rings. The summed E-state index contributed by atoms with van der Waals surface area (Å²) in [5.74, 6) is 0.108. The van der Waals surface area contributed by atoms with E-state index in [4.69, 9.17) is 19.3 Å². The molecule has 3 rings (SSSR count). The molecule has 0 aromatic heterocycles. The van der Waals surface area contributed by atoms with Gasteiger partial charge in [-0.2, -0.15) is 0 Å². The molecule has 0 saturated heterocycles. The number of carboxylic acids is 2. The zero-order valence-electron chi connectivity index (χ0n) is 18.0. The molecule has 0 bridgehead atoms. The van der Waals surface area contributed by atoms with E-state index in [9.17, 15) is 14.7 Å². The van der Waals surface area contributed by atoms with E-state index in [1.165, 1.54) is 20.3 Å². The fourth-order valence-corrected chi connectivity index (χ4v) is 3.00. The predicted octanol–water partition coefficient (Wildman–Crippen LogP) is 5.86. The van der Waals surface area contributed by atoms with Gasteiger partial charge in [0, 0.05) is 12.1 Å². The number of hydrogen-bond acceptors (Lipinski definition) is 5. The zero-order chi connectivity index (χ0) is 23.8. The van der Waals surface area contributed by atoms with Crippen molar-refractivity contribution in [2.45, 2.75) is 7.43 Å². The number of benzene rings is 3. The number of methoxy groups -OCH3 is 2. The minimum Gasteiger partial charge on any atom is -0.497 e. The van der Waals surface area contributed by atoms with Crippen molar-refractivity contribution in [3.8, 4) is 23.0 Å². The first kappa shape index (κ1) is 25.7. The van der Waals surface area contributed by atoms with Crippen LogP contribution >= 0.6 is 0 Å². The van der Waals surface area contributed by atoms with Crippen LogP contribution in [0.4, 0.5) is 0 Å². The van der Waals surface area contributed by atoms with Gasteiger partial charge in [0.2, 0.25) is 0 Å². The van der Waals surface area contributed by atoms with Crippen molar-refractivity contribution >= 4 is 29.7 Å². The van der Waals surface area contributed by atoms with Crippen molar-refractivity contribution in [1.29, 1.82) is 0 Å². The largest absolute Gasteiger partial charge is 0.497 e. The first-order chi connectivity index (χ1) is 15.9. The molecular formula is C27H26O7. The molecule has 2 N–H and O–H groups in total. The molecule has 0 radical (unpaired) electrons. The second-order valence-electron chi connectivity index (χ2n) is 6.88. The van der Waals surface area contributed by atoms with Crippen molar-refractivity contribution < 1.29 is 34.0 Å². The quantitative estimate of drug-likeness (QED) is 0.303. The summed E-state index contributed by atoms with van der Waals surface area (Å²) in [6, 6.07) is 18.7. The summed E-state index contributed by atoms with van der Waals surface area (Å²) in [5.41, 5.74) is 1.96. The summed E-state index contributed by atoms with van der Waals surface area (Å²) in [6.07, 6.45) is 4.09. The normalized spacial score (nSPS) is 10.9. The van der Waals surface area contributed by atoms with Gasteiger partial charge in [-0.1, -0.05) is 31.7 Å². The fraction of sp³-hybridized carbons (Fsp3) is 0.111. The number of aliphatic carboxylic acids is 2. The van der Waals surface area contributed by atoms with Crippen LogP contribution in [0.5, 0.6) is 23.0 Å². The molecule has 0 aliphatic rings. The number of rotatable bonds is 9. The van der Waals surface area contributed by atoms with E-state index in [1.54, 1.807) is 72.8 Å². The summed E-state index contributed by atoms with van der Waals surface area (Å²) in [5, 5.41) is 18.4. The second kappa shape index (κ2) is 11.9. The Morgan fingerprint density at radius 3 is 1.74 bits per heavy atom. The molecule has 0 fully saturated rings. The standard InChI is InChI=1S/C26H22O7.CH4/c1-31-22-13-18(14-23(16-22)32-2)15-24(26(29)30)19-6-10-21(11-7-19)33-20-8-3-17(4-9-20)5-12-25(27)28;/h3-16H,1-2H3,(H,27,28)(H,29,30);1H4/b12-5+,24-15+;. The van der Waals surface area contributed by atoms with Gasteiger partial charge in [-0.05, 0) is 65.2 Å². The molecule has 34 heavy (non-hydrogen) atoms. The van der Waals surface area contributed by atoms with Crippen LogP contribution in [0, 0.1) is 0 Å². The van der Waals surface area contributed by atoms with Gasteiger partial charge >= 0.3 is 11.9 Å². The molecule has 0 aliphatic heterocycles. The summed E-state index contributed by atoms with van der Waals surface area (Å²) in [6.45, 7) is 0. The van der Waals surface area contributed by atoms with Crippen LogP contribution in [0.15, 0.2) is 72.8 Å². The lowest BCUT2D eigenvalue weighted by Gasteiger charge is -2.09. The van der Waals surface area contributed by atoms with Crippen molar-refractivity contribution in [3.05, 3.63) is 89.5 Å². The van der Waals surface area contributed by atoms with Crippen LogP contribution in [0.1, 0.15) is 24.1 Å². The van der Waals surface area contributed by atoms with E-state index < -0.39 is 11.9 Å². The SMILES string of the molecule is C.COc1cc(/C=C(/C(=O)O)c2ccc(Oc3ccc(/C=C/C(=O)O)cc3)cc2)cc(OC)c1. The van der Waals surface area contributed by atoms with Crippen LogP contribution in [0.25, 0.3) is 17.7 Å². The minimum atomic E-state index is -1.07. The molecule has 0 spiro atoms. The monoisotopic (exact) mass is 462 g/mol. The third-order valence-electron chi connectivity index (χ3n) is 4.61. The van der Waals surface area contributed by atoms with Crippen LogP contribution in [-0.2, 0) is 9.59 Å². The van der Waals surface area contributed by atoms with Gasteiger partial charge in [-0.25, -0.2) is 9.59 Å². The Hall–Kier alpha value is -4.52. The molecule has 7 nitrogen and oxygen atoms in total. The maximum absolute atomic E-state index is 11.9. The van der Waals surface area contributed by atoms with Gasteiger partial charge in [0.05, 0.1) is 19.8 Å². The van der Waals surface area contributed by atoms with Crippen molar-refractivity contribution in [1.82, 2.24) is 0 Å². The minimum absolute atomic E-state index is 0. The number of hydrogen-bond donors (Lipinski definition) is 2. The zero-order valence-corrected chi connectivity index (χ0v) is 18.0. The van der Waals surface area contributed by atoms with Gasteiger partial charge < -0.3 is 24.4 Å². The molecule has 3 aromatic carbocycles. The van der Waals surface area contributed by atoms with Crippen LogP contribution in [0.2, 0.25) is 0 Å².